The molecule has 1 aliphatic heterocycles. The maximum absolute atomic E-state index is 12.3. The first-order valence-corrected chi connectivity index (χ1v) is 9.35. The highest BCUT2D eigenvalue weighted by Gasteiger charge is 2.23. The van der Waals surface area contributed by atoms with Crippen molar-refractivity contribution in [3.63, 3.8) is 0 Å². The van der Waals surface area contributed by atoms with Crippen LogP contribution in [0, 0.1) is 0 Å². The molecule has 0 saturated carbocycles. The third-order valence-electron chi connectivity index (χ3n) is 3.66. The minimum Gasteiger partial charge on any atom is -0.497 e. The third kappa shape index (κ3) is 4.62. The molecule has 1 N–H and O–H groups in total. The van der Waals surface area contributed by atoms with Gasteiger partial charge in [-0.25, -0.2) is 0 Å². The van der Waals surface area contributed by atoms with Crippen LogP contribution in [-0.2, 0) is 9.59 Å². The van der Waals surface area contributed by atoms with Gasteiger partial charge in [0.05, 0.1) is 24.4 Å². The summed E-state index contributed by atoms with van der Waals surface area (Å²) in [6.45, 7) is 0.000320. The summed E-state index contributed by atoms with van der Waals surface area (Å²) in [6.07, 6.45) is 0. The molecule has 26 heavy (non-hydrogen) atoms. The Morgan fingerprint density at radius 1 is 1.23 bits per heavy atom. The number of carbonyl (C=O) groups excluding carboxylic acids is 2. The van der Waals surface area contributed by atoms with Crippen LogP contribution in [0.25, 0.3) is 0 Å². The summed E-state index contributed by atoms with van der Waals surface area (Å²) < 4.78 is 11.0. The van der Waals surface area contributed by atoms with Gasteiger partial charge in [0.2, 0.25) is 11.8 Å². The Balaban J connectivity index is 1.72. The predicted octanol–water partition coefficient (Wildman–Crippen LogP) is 3.61. The van der Waals surface area contributed by atoms with Gasteiger partial charge >= 0.3 is 0 Å². The predicted molar refractivity (Wildman–Crippen MR) is 102 cm³/mol. The van der Waals surface area contributed by atoms with Crippen molar-refractivity contribution in [1.82, 2.24) is 4.90 Å². The second kappa shape index (κ2) is 8.33. The first-order chi connectivity index (χ1) is 12.5. The molecule has 1 heterocycles. The second-order valence-electron chi connectivity index (χ2n) is 5.54. The van der Waals surface area contributed by atoms with E-state index in [0.29, 0.717) is 33.8 Å². The molecule has 8 heteroatoms. The summed E-state index contributed by atoms with van der Waals surface area (Å²) >= 11 is 7.53. The summed E-state index contributed by atoms with van der Waals surface area (Å²) in [7, 11) is 1.59. The zero-order valence-electron chi connectivity index (χ0n) is 14.0. The van der Waals surface area contributed by atoms with Crippen LogP contribution in [0.4, 0.5) is 5.69 Å². The van der Waals surface area contributed by atoms with E-state index >= 15 is 0 Å². The van der Waals surface area contributed by atoms with Crippen molar-refractivity contribution < 1.29 is 19.1 Å². The molecular formula is C18H17ClN2O4S. The standard InChI is InChI=1S/C18H17ClN2O4S/c1-24-13-3-5-14(6-4-13)25-16-7-2-12(19)8-15(16)20-17(22)9-21-11-26-10-18(21)23/h2-8H,9-11H2,1H3,(H,20,22). The fourth-order valence-electron chi connectivity index (χ4n) is 2.36. The van der Waals surface area contributed by atoms with E-state index < -0.39 is 0 Å². The lowest BCUT2D eigenvalue weighted by Gasteiger charge is -2.16. The number of halogens is 1. The van der Waals surface area contributed by atoms with Gasteiger partial charge in [-0.3, -0.25) is 9.59 Å². The molecule has 1 aliphatic rings. The number of methoxy groups -OCH3 is 1. The van der Waals surface area contributed by atoms with E-state index in [0.717, 1.165) is 5.75 Å². The summed E-state index contributed by atoms with van der Waals surface area (Å²) in [5, 5.41) is 3.23. The average molecular weight is 393 g/mol. The summed E-state index contributed by atoms with van der Waals surface area (Å²) in [5.41, 5.74) is 0.442. The molecule has 0 spiro atoms. The lowest BCUT2D eigenvalue weighted by molar-refractivity contribution is -0.130. The maximum Gasteiger partial charge on any atom is 0.244 e. The molecule has 1 fully saturated rings. The molecule has 2 amide bonds. The van der Waals surface area contributed by atoms with Crippen molar-refractivity contribution >= 4 is 40.9 Å². The quantitative estimate of drug-likeness (QED) is 0.813. The van der Waals surface area contributed by atoms with Crippen molar-refractivity contribution in [3.8, 4) is 17.2 Å². The molecule has 2 aromatic carbocycles. The van der Waals surface area contributed by atoms with Crippen molar-refractivity contribution in [1.29, 1.82) is 0 Å². The summed E-state index contributed by atoms with van der Waals surface area (Å²) in [4.78, 5) is 25.4. The number of rotatable bonds is 6. The number of ether oxygens (including phenoxy) is 2. The number of anilines is 1. The lowest BCUT2D eigenvalue weighted by atomic mass is 10.2. The van der Waals surface area contributed by atoms with Crippen molar-refractivity contribution in [2.45, 2.75) is 0 Å². The fraction of sp³-hybridized carbons (Fsp3) is 0.222. The van der Waals surface area contributed by atoms with Crippen LogP contribution in [0.15, 0.2) is 42.5 Å². The highest BCUT2D eigenvalue weighted by atomic mass is 35.5. The van der Waals surface area contributed by atoms with E-state index in [-0.39, 0.29) is 18.4 Å². The fourth-order valence-corrected chi connectivity index (χ4v) is 3.44. The lowest BCUT2D eigenvalue weighted by Crippen LogP contribution is -2.34. The number of amides is 2. The Morgan fingerprint density at radius 2 is 1.96 bits per heavy atom. The molecule has 2 aromatic rings. The van der Waals surface area contributed by atoms with Crippen LogP contribution >= 0.6 is 23.4 Å². The van der Waals surface area contributed by atoms with Crippen LogP contribution < -0.4 is 14.8 Å². The van der Waals surface area contributed by atoms with Crippen molar-refractivity contribution in [2.24, 2.45) is 0 Å². The average Bonchev–Trinajstić information content (AvgIpc) is 3.02. The topological polar surface area (TPSA) is 67.9 Å². The van der Waals surface area contributed by atoms with E-state index in [9.17, 15) is 9.59 Å². The Morgan fingerprint density at radius 3 is 2.62 bits per heavy atom. The zero-order valence-corrected chi connectivity index (χ0v) is 15.6. The van der Waals surface area contributed by atoms with Gasteiger partial charge in [0.15, 0.2) is 5.75 Å². The molecule has 3 rings (SSSR count). The monoisotopic (exact) mass is 392 g/mol. The van der Waals surface area contributed by atoms with Gasteiger partial charge in [-0.05, 0) is 42.5 Å². The summed E-state index contributed by atoms with van der Waals surface area (Å²) in [6, 6.07) is 12.0. The molecule has 0 aromatic heterocycles. The van der Waals surface area contributed by atoms with Gasteiger partial charge in [-0.1, -0.05) is 11.6 Å². The van der Waals surface area contributed by atoms with Crippen LogP contribution in [0.1, 0.15) is 0 Å². The third-order valence-corrected chi connectivity index (χ3v) is 4.84. The van der Waals surface area contributed by atoms with Crippen molar-refractivity contribution in [3.05, 3.63) is 47.5 Å². The normalized spacial score (nSPS) is 13.6. The van der Waals surface area contributed by atoms with Crippen molar-refractivity contribution in [2.75, 3.05) is 30.6 Å². The first-order valence-electron chi connectivity index (χ1n) is 7.82. The molecule has 1 saturated heterocycles. The number of benzene rings is 2. The maximum atomic E-state index is 12.3. The minimum absolute atomic E-state index is 0.000320. The molecular weight excluding hydrogens is 376 g/mol. The minimum atomic E-state index is -0.303. The van der Waals surface area contributed by atoms with Crippen LogP contribution in [0.5, 0.6) is 17.2 Å². The number of hydrogen-bond donors (Lipinski definition) is 1. The largest absolute Gasteiger partial charge is 0.497 e. The van der Waals surface area contributed by atoms with E-state index in [1.165, 1.54) is 16.7 Å². The van der Waals surface area contributed by atoms with Crippen LogP contribution in [-0.4, -0.2) is 42.0 Å². The zero-order chi connectivity index (χ0) is 18.5. The Labute approximate surface area is 160 Å². The smallest absolute Gasteiger partial charge is 0.244 e. The van der Waals surface area contributed by atoms with Crippen LogP contribution in [0.2, 0.25) is 5.02 Å². The van der Waals surface area contributed by atoms with E-state index in [4.69, 9.17) is 21.1 Å². The molecule has 0 aliphatic carbocycles. The van der Waals surface area contributed by atoms with Gasteiger partial charge in [-0.15, -0.1) is 11.8 Å². The van der Waals surface area contributed by atoms with Gasteiger partial charge < -0.3 is 19.7 Å². The van der Waals surface area contributed by atoms with E-state index in [1.807, 2.05) is 0 Å². The molecule has 0 atom stereocenters. The van der Waals surface area contributed by atoms with Gasteiger partial charge in [0, 0.05) is 5.02 Å². The number of hydrogen-bond acceptors (Lipinski definition) is 5. The van der Waals surface area contributed by atoms with E-state index in [2.05, 4.69) is 5.32 Å². The van der Waals surface area contributed by atoms with Crippen LogP contribution in [0.3, 0.4) is 0 Å². The second-order valence-corrected chi connectivity index (χ2v) is 6.93. The summed E-state index contributed by atoms with van der Waals surface area (Å²) in [5.74, 6) is 2.36. The Kier molecular flexibility index (Phi) is 5.90. The highest BCUT2D eigenvalue weighted by Crippen LogP contribution is 2.32. The number of thioether (sulfide) groups is 1. The van der Waals surface area contributed by atoms with Gasteiger partial charge in [0.25, 0.3) is 0 Å². The highest BCUT2D eigenvalue weighted by molar-refractivity contribution is 8.00. The number of nitrogens with zero attached hydrogens (tertiary/aromatic N) is 1. The van der Waals surface area contributed by atoms with Gasteiger partial charge in [-0.2, -0.15) is 0 Å². The number of carbonyl (C=O) groups is 2. The Hall–Kier alpha value is -2.38. The first kappa shape index (κ1) is 18.4. The molecule has 6 nitrogen and oxygen atoms in total. The Bertz CT molecular complexity index is 813. The molecule has 0 unspecified atom stereocenters. The SMILES string of the molecule is COc1ccc(Oc2ccc(Cl)cc2NC(=O)CN2CSCC2=O)cc1. The molecule has 0 bridgehead atoms. The van der Waals surface area contributed by atoms with E-state index in [1.54, 1.807) is 49.6 Å². The number of nitrogens with one attached hydrogen (secondary N) is 1. The van der Waals surface area contributed by atoms with Gasteiger partial charge in [0.1, 0.15) is 18.0 Å². The molecule has 0 radical (unpaired) electrons. The molecule has 136 valence electrons.